The largest absolute Gasteiger partial charge is 0.515 e. The van der Waals surface area contributed by atoms with Crippen LogP contribution in [0.25, 0.3) is 0 Å². The maximum atomic E-state index is 6.63. The van der Waals surface area contributed by atoms with Gasteiger partial charge in [0.05, 0.1) is 8.80 Å². The third-order valence-corrected chi connectivity index (χ3v) is 12.4. The van der Waals surface area contributed by atoms with Crippen molar-refractivity contribution >= 4 is 39.4 Å². The van der Waals surface area contributed by atoms with E-state index < -0.39 is 34.2 Å². The van der Waals surface area contributed by atoms with Gasteiger partial charge in [0.25, 0.3) is 0 Å². The SMILES string of the molecule is C[SiH](C)CO[Si](O[Si](C)(C)C)(O[Si](C)(C)C)c1ccccc1. The van der Waals surface area contributed by atoms with Crippen LogP contribution >= 0.6 is 0 Å². The molecule has 3 nitrogen and oxygen atoms in total. The Morgan fingerprint density at radius 1 is 0.818 bits per heavy atom. The van der Waals surface area contributed by atoms with E-state index >= 15 is 0 Å². The molecule has 0 saturated heterocycles. The Morgan fingerprint density at radius 2 is 1.27 bits per heavy atom. The van der Waals surface area contributed by atoms with E-state index in [2.05, 4.69) is 64.5 Å². The van der Waals surface area contributed by atoms with Gasteiger partial charge in [0.15, 0.2) is 16.6 Å². The maximum Gasteiger partial charge on any atom is 0.515 e. The Morgan fingerprint density at radius 3 is 1.64 bits per heavy atom. The first kappa shape index (κ1) is 20.0. The molecule has 0 spiro atoms. The van der Waals surface area contributed by atoms with Crippen molar-refractivity contribution in [1.29, 1.82) is 0 Å². The molecule has 0 aliphatic carbocycles. The van der Waals surface area contributed by atoms with Gasteiger partial charge in [-0.05, 0) is 39.3 Å². The molecule has 0 aliphatic rings. The third kappa shape index (κ3) is 7.03. The molecular formula is C15H32O3Si4. The first-order valence-corrected chi connectivity index (χ1v) is 19.7. The Labute approximate surface area is 141 Å². The molecule has 0 aliphatic heterocycles. The highest BCUT2D eigenvalue weighted by atomic mass is 28.5. The van der Waals surface area contributed by atoms with E-state index in [-0.39, 0.29) is 0 Å². The lowest BCUT2D eigenvalue weighted by Gasteiger charge is -2.39. The van der Waals surface area contributed by atoms with E-state index in [9.17, 15) is 0 Å². The molecule has 0 radical (unpaired) electrons. The zero-order valence-electron chi connectivity index (χ0n) is 15.4. The molecule has 0 aromatic heterocycles. The number of hydrogen-bond donors (Lipinski definition) is 0. The molecule has 0 heterocycles. The predicted molar refractivity (Wildman–Crippen MR) is 106 cm³/mol. The van der Waals surface area contributed by atoms with Gasteiger partial charge < -0.3 is 12.7 Å². The van der Waals surface area contributed by atoms with Gasteiger partial charge in [-0.1, -0.05) is 43.4 Å². The summed E-state index contributed by atoms with van der Waals surface area (Å²) >= 11 is 0. The first-order chi connectivity index (χ1) is 9.94. The topological polar surface area (TPSA) is 27.7 Å². The number of benzene rings is 1. The molecule has 1 aromatic rings. The molecule has 1 rings (SSSR count). The maximum absolute atomic E-state index is 6.63. The van der Waals surface area contributed by atoms with Crippen LogP contribution in [0, 0.1) is 0 Å². The lowest BCUT2D eigenvalue weighted by atomic mass is 10.4. The van der Waals surface area contributed by atoms with Crippen molar-refractivity contribution in [2.24, 2.45) is 0 Å². The van der Waals surface area contributed by atoms with Crippen LogP contribution in [0.2, 0.25) is 52.4 Å². The molecule has 0 amide bonds. The zero-order chi connectivity index (χ0) is 17.0. The van der Waals surface area contributed by atoms with Crippen molar-refractivity contribution in [3.63, 3.8) is 0 Å². The van der Waals surface area contributed by atoms with Gasteiger partial charge in [-0.3, -0.25) is 0 Å². The first-order valence-electron chi connectivity index (χ1n) is 8.03. The van der Waals surface area contributed by atoms with E-state index in [1.807, 2.05) is 18.2 Å². The lowest BCUT2D eigenvalue weighted by molar-refractivity contribution is 0.204. The summed E-state index contributed by atoms with van der Waals surface area (Å²) in [5.41, 5.74) is 0. The Bertz CT molecular complexity index is 436. The van der Waals surface area contributed by atoms with Crippen molar-refractivity contribution < 1.29 is 12.7 Å². The van der Waals surface area contributed by atoms with Crippen LogP contribution in [0.1, 0.15) is 0 Å². The molecule has 0 atom stereocenters. The molecular weight excluding hydrogens is 341 g/mol. The fraction of sp³-hybridized carbons (Fsp3) is 0.600. The minimum atomic E-state index is -2.85. The van der Waals surface area contributed by atoms with Gasteiger partial charge in [-0.15, -0.1) is 0 Å². The van der Waals surface area contributed by atoms with Crippen LogP contribution in [-0.4, -0.2) is 40.5 Å². The minimum absolute atomic E-state index is 0.802. The van der Waals surface area contributed by atoms with Crippen LogP contribution in [0.4, 0.5) is 0 Å². The molecule has 0 fully saturated rings. The van der Waals surface area contributed by atoms with Gasteiger partial charge in [-0.2, -0.15) is 0 Å². The van der Waals surface area contributed by atoms with E-state index in [1.165, 1.54) is 0 Å². The van der Waals surface area contributed by atoms with Gasteiger partial charge in [0.2, 0.25) is 0 Å². The van der Waals surface area contributed by atoms with E-state index in [1.54, 1.807) is 0 Å². The molecule has 0 saturated carbocycles. The molecule has 1 aromatic carbocycles. The highest BCUT2D eigenvalue weighted by Gasteiger charge is 2.49. The summed E-state index contributed by atoms with van der Waals surface area (Å²) in [6.45, 7) is 17.9. The quantitative estimate of drug-likeness (QED) is 0.653. The fourth-order valence-electron chi connectivity index (χ4n) is 2.01. The average molecular weight is 373 g/mol. The Balaban J connectivity index is 3.28. The van der Waals surface area contributed by atoms with E-state index in [0.29, 0.717) is 0 Å². The summed E-state index contributed by atoms with van der Waals surface area (Å²) in [5.74, 6) is 0. The van der Waals surface area contributed by atoms with Gasteiger partial charge in [0.1, 0.15) is 0 Å². The summed E-state index contributed by atoms with van der Waals surface area (Å²) in [4.78, 5) is 0. The third-order valence-electron chi connectivity index (χ3n) is 2.62. The summed E-state index contributed by atoms with van der Waals surface area (Å²) in [6, 6.07) is 10.3. The van der Waals surface area contributed by atoms with Crippen molar-refractivity contribution in [1.82, 2.24) is 0 Å². The smallest absolute Gasteiger partial charge is 0.413 e. The van der Waals surface area contributed by atoms with Gasteiger partial charge in [0, 0.05) is 11.4 Å². The van der Waals surface area contributed by atoms with Gasteiger partial charge >= 0.3 is 8.80 Å². The Hall–Kier alpha value is -0.0325. The van der Waals surface area contributed by atoms with Crippen LogP contribution in [-0.2, 0) is 12.7 Å². The summed E-state index contributed by atoms with van der Waals surface area (Å²) in [6.07, 6.45) is 0.802. The van der Waals surface area contributed by atoms with Crippen molar-refractivity contribution in [3.05, 3.63) is 30.3 Å². The summed E-state index contributed by atoms with van der Waals surface area (Å²) in [5, 5.41) is 1.11. The predicted octanol–water partition coefficient (Wildman–Crippen LogP) is 3.58. The molecule has 22 heavy (non-hydrogen) atoms. The molecule has 0 N–H and O–H groups in total. The fourth-order valence-corrected chi connectivity index (χ4v) is 13.4. The lowest BCUT2D eigenvalue weighted by Crippen LogP contribution is -2.65. The summed E-state index contributed by atoms with van der Waals surface area (Å²) < 4.78 is 19.7. The van der Waals surface area contributed by atoms with Crippen molar-refractivity contribution in [3.8, 4) is 0 Å². The minimum Gasteiger partial charge on any atom is -0.413 e. The molecule has 126 valence electrons. The second-order valence-corrected chi connectivity index (χ2v) is 23.2. The van der Waals surface area contributed by atoms with Crippen LogP contribution < -0.4 is 5.19 Å². The number of rotatable bonds is 8. The molecule has 0 bridgehead atoms. The molecule has 0 unspecified atom stereocenters. The number of hydrogen-bond acceptors (Lipinski definition) is 3. The van der Waals surface area contributed by atoms with Crippen LogP contribution in [0.5, 0.6) is 0 Å². The normalized spacial score (nSPS) is 13.7. The zero-order valence-corrected chi connectivity index (χ0v) is 19.6. The average Bonchev–Trinajstić information content (AvgIpc) is 2.33. The Kier molecular flexibility index (Phi) is 7.00. The second kappa shape index (κ2) is 7.69. The standard InChI is InChI=1S/C15H32O3Si4/c1-19(2)14-16-22(17-20(3,4)5,18-21(6,7)8)15-12-10-9-11-13-15/h9-13,19H,14H2,1-8H3. The van der Waals surface area contributed by atoms with Crippen molar-refractivity contribution in [2.45, 2.75) is 52.4 Å². The summed E-state index contributed by atoms with van der Waals surface area (Å²) in [7, 11) is -7.29. The highest BCUT2D eigenvalue weighted by molar-refractivity contribution is 6.91. The molecule has 7 heteroatoms. The van der Waals surface area contributed by atoms with Crippen molar-refractivity contribution in [2.75, 3.05) is 6.23 Å². The van der Waals surface area contributed by atoms with Crippen LogP contribution in [0.3, 0.4) is 0 Å². The van der Waals surface area contributed by atoms with Gasteiger partial charge in [-0.25, -0.2) is 0 Å². The monoisotopic (exact) mass is 372 g/mol. The highest BCUT2D eigenvalue weighted by Crippen LogP contribution is 2.22. The van der Waals surface area contributed by atoms with E-state index in [4.69, 9.17) is 12.7 Å². The second-order valence-electron chi connectivity index (χ2n) is 8.06. The van der Waals surface area contributed by atoms with E-state index in [0.717, 1.165) is 11.4 Å². The van der Waals surface area contributed by atoms with Crippen LogP contribution in [0.15, 0.2) is 30.3 Å².